The van der Waals surface area contributed by atoms with Crippen molar-refractivity contribution in [2.45, 2.75) is 95.4 Å². The molecule has 1 saturated carbocycles. The van der Waals surface area contributed by atoms with Crippen LogP contribution in [0.2, 0.25) is 0 Å². The van der Waals surface area contributed by atoms with Crippen LogP contribution in [0.15, 0.2) is 38.0 Å². The third-order valence-corrected chi connectivity index (χ3v) is 6.11. The van der Waals surface area contributed by atoms with E-state index in [0.717, 1.165) is 18.2 Å². The van der Waals surface area contributed by atoms with Crippen molar-refractivity contribution in [2.75, 3.05) is 19.8 Å². The molecular weight excluding hydrogens is 552 g/mol. The highest BCUT2D eigenvalue weighted by Crippen LogP contribution is 2.28. The summed E-state index contributed by atoms with van der Waals surface area (Å²) in [6, 6.07) is 0. The van der Waals surface area contributed by atoms with Crippen LogP contribution in [0.4, 0.5) is 0 Å². The highest BCUT2D eigenvalue weighted by molar-refractivity contribution is 5.81. The topological polar surface area (TPSA) is 158 Å². The summed E-state index contributed by atoms with van der Waals surface area (Å²) in [5.41, 5.74) is 0. The van der Waals surface area contributed by atoms with Crippen LogP contribution < -0.4 is 0 Å². The second-order valence-corrected chi connectivity index (χ2v) is 9.47. The summed E-state index contributed by atoms with van der Waals surface area (Å²) in [7, 11) is 0. The van der Waals surface area contributed by atoms with Gasteiger partial charge in [0.2, 0.25) is 0 Å². The van der Waals surface area contributed by atoms with E-state index in [9.17, 15) is 28.8 Å². The molecule has 0 amide bonds. The van der Waals surface area contributed by atoms with Gasteiger partial charge in [0.25, 0.3) is 0 Å². The molecular formula is C30H42O12. The van der Waals surface area contributed by atoms with Gasteiger partial charge in [-0.1, -0.05) is 19.7 Å². The predicted octanol–water partition coefficient (Wildman–Crippen LogP) is 3.60. The molecule has 0 N–H and O–H groups in total. The van der Waals surface area contributed by atoms with Crippen molar-refractivity contribution >= 4 is 35.8 Å². The van der Waals surface area contributed by atoms with Crippen LogP contribution in [0.5, 0.6) is 0 Å². The Balaban J connectivity index is 2.58. The Morgan fingerprint density at radius 2 is 0.905 bits per heavy atom. The maximum atomic E-state index is 12.5. The average Bonchev–Trinajstić information content (AvgIpc) is 2.97. The Bertz CT molecular complexity index is 941. The summed E-state index contributed by atoms with van der Waals surface area (Å²) >= 11 is 0. The number of carbonyl (C=O) groups excluding carboxylic acids is 6. The number of hydrogen-bond donors (Lipinski definition) is 0. The van der Waals surface area contributed by atoms with Gasteiger partial charge in [0.05, 0.1) is 19.8 Å². The van der Waals surface area contributed by atoms with Gasteiger partial charge in [-0.3, -0.25) is 14.4 Å². The Morgan fingerprint density at radius 3 is 1.31 bits per heavy atom. The number of esters is 6. The fraction of sp³-hybridized carbons (Fsp3) is 0.600. The molecule has 1 rings (SSSR count). The van der Waals surface area contributed by atoms with Gasteiger partial charge < -0.3 is 28.4 Å². The fourth-order valence-corrected chi connectivity index (χ4v) is 3.94. The average molecular weight is 595 g/mol. The van der Waals surface area contributed by atoms with Crippen molar-refractivity contribution in [2.24, 2.45) is 0 Å². The number of hydrogen-bond acceptors (Lipinski definition) is 12. The smallest absolute Gasteiger partial charge is 0.330 e. The van der Waals surface area contributed by atoms with Crippen molar-refractivity contribution in [1.82, 2.24) is 0 Å². The van der Waals surface area contributed by atoms with Gasteiger partial charge in [0, 0.05) is 43.9 Å². The normalized spacial score (nSPS) is 17.6. The molecule has 12 nitrogen and oxygen atoms in total. The lowest BCUT2D eigenvalue weighted by molar-refractivity contribution is -0.180. The SMILES string of the molecule is C=CC(=O)OCCCCC(=O)OC1CC[C@@H](OC(=O)CCCCOC(=O)C=C)[C@@H](OC(=O)CCCCOC(=O)C=C)C1. The fourth-order valence-electron chi connectivity index (χ4n) is 3.94. The van der Waals surface area contributed by atoms with E-state index in [0.29, 0.717) is 51.4 Å². The van der Waals surface area contributed by atoms with E-state index in [1.165, 1.54) is 0 Å². The lowest BCUT2D eigenvalue weighted by Gasteiger charge is -2.34. The Hall–Kier alpha value is -3.96. The summed E-state index contributed by atoms with van der Waals surface area (Å²) < 4.78 is 31.5. The van der Waals surface area contributed by atoms with E-state index in [1.807, 2.05) is 0 Å². The summed E-state index contributed by atoms with van der Waals surface area (Å²) in [6.07, 6.45) is 5.05. The first-order chi connectivity index (χ1) is 20.2. The van der Waals surface area contributed by atoms with E-state index < -0.39 is 54.1 Å². The quantitative estimate of drug-likeness (QED) is 0.0824. The second kappa shape index (κ2) is 21.7. The Morgan fingerprint density at radius 1 is 0.524 bits per heavy atom. The molecule has 0 aliphatic heterocycles. The van der Waals surface area contributed by atoms with Crippen LogP contribution in [0.25, 0.3) is 0 Å². The number of unbranched alkanes of at least 4 members (excludes halogenated alkanes) is 3. The summed E-state index contributed by atoms with van der Waals surface area (Å²) in [5, 5.41) is 0. The largest absolute Gasteiger partial charge is 0.463 e. The van der Waals surface area contributed by atoms with E-state index in [1.54, 1.807) is 0 Å². The monoisotopic (exact) mass is 594 g/mol. The van der Waals surface area contributed by atoms with Crippen LogP contribution in [0.3, 0.4) is 0 Å². The van der Waals surface area contributed by atoms with Crippen LogP contribution in [-0.4, -0.2) is 73.9 Å². The van der Waals surface area contributed by atoms with Crippen LogP contribution in [0.1, 0.15) is 77.0 Å². The molecule has 1 fully saturated rings. The van der Waals surface area contributed by atoms with E-state index in [-0.39, 0.29) is 45.5 Å². The molecule has 12 heteroatoms. The first-order valence-electron chi connectivity index (χ1n) is 14.1. The highest BCUT2D eigenvalue weighted by atomic mass is 16.6. The zero-order valence-electron chi connectivity index (χ0n) is 24.1. The molecule has 0 spiro atoms. The standard InChI is InChI=1S/C30H42O12/c1-4-25(31)37-18-10-7-13-28(34)40-22-16-17-23(41-29(35)14-8-11-19-38-26(32)5-2)24(21-22)42-30(36)15-9-12-20-39-27(33)6-3/h4-6,22-24H,1-3,7-21H2/t22?,23-,24+/m1/s1. The molecule has 0 aromatic carbocycles. The van der Waals surface area contributed by atoms with Crippen molar-refractivity contribution < 1.29 is 57.2 Å². The molecule has 1 aliphatic carbocycles. The molecule has 1 aliphatic rings. The summed E-state index contributed by atoms with van der Waals surface area (Å²) in [5.74, 6) is -3.03. The molecule has 0 aromatic heterocycles. The molecule has 0 aromatic rings. The molecule has 0 radical (unpaired) electrons. The van der Waals surface area contributed by atoms with Gasteiger partial charge in [-0.2, -0.15) is 0 Å². The number of carbonyl (C=O) groups is 6. The zero-order valence-corrected chi connectivity index (χ0v) is 24.1. The minimum Gasteiger partial charge on any atom is -0.463 e. The first-order valence-corrected chi connectivity index (χ1v) is 14.1. The molecule has 42 heavy (non-hydrogen) atoms. The molecule has 0 saturated heterocycles. The van der Waals surface area contributed by atoms with Gasteiger partial charge in [-0.25, -0.2) is 14.4 Å². The third-order valence-electron chi connectivity index (χ3n) is 6.11. The molecule has 0 heterocycles. The van der Waals surface area contributed by atoms with Gasteiger partial charge >= 0.3 is 35.8 Å². The number of rotatable bonds is 21. The predicted molar refractivity (Wildman–Crippen MR) is 149 cm³/mol. The van der Waals surface area contributed by atoms with Gasteiger partial charge in [-0.15, -0.1) is 0 Å². The Kier molecular flexibility index (Phi) is 18.7. The van der Waals surface area contributed by atoms with E-state index in [2.05, 4.69) is 19.7 Å². The molecule has 0 bridgehead atoms. The van der Waals surface area contributed by atoms with Crippen LogP contribution >= 0.6 is 0 Å². The van der Waals surface area contributed by atoms with E-state index in [4.69, 9.17) is 28.4 Å². The van der Waals surface area contributed by atoms with Crippen molar-refractivity contribution in [1.29, 1.82) is 0 Å². The van der Waals surface area contributed by atoms with Crippen molar-refractivity contribution in [3.05, 3.63) is 38.0 Å². The summed E-state index contributed by atoms with van der Waals surface area (Å²) in [4.78, 5) is 70.6. The molecule has 234 valence electrons. The number of ether oxygens (including phenoxy) is 6. The first kappa shape index (κ1) is 36.1. The van der Waals surface area contributed by atoms with E-state index >= 15 is 0 Å². The maximum absolute atomic E-state index is 12.5. The maximum Gasteiger partial charge on any atom is 0.330 e. The lowest BCUT2D eigenvalue weighted by Crippen LogP contribution is -2.43. The van der Waals surface area contributed by atoms with Gasteiger partial charge in [0.15, 0.2) is 0 Å². The van der Waals surface area contributed by atoms with Crippen molar-refractivity contribution in [3.63, 3.8) is 0 Å². The van der Waals surface area contributed by atoms with Crippen LogP contribution in [-0.2, 0) is 57.2 Å². The van der Waals surface area contributed by atoms with Gasteiger partial charge in [0.1, 0.15) is 18.3 Å². The zero-order chi connectivity index (χ0) is 31.2. The Labute approximate surface area is 246 Å². The van der Waals surface area contributed by atoms with Gasteiger partial charge in [-0.05, 0) is 51.4 Å². The minimum absolute atomic E-state index is 0.0626. The van der Waals surface area contributed by atoms with Crippen molar-refractivity contribution in [3.8, 4) is 0 Å². The highest BCUT2D eigenvalue weighted by Gasteiger charge is 2.37. The second-order valence-electron chi connectivity index (χ2n) is 9.47. The summed E-state index contributed by atoms with van der Waals surface area (Å²) in [6.45, 7) is 10.4. The molecule has 1 unspecified atom stereocenters. The minimum atomic E-state index is -0.807. The lowest BCUT2D eigenvalue weighted by atomic mass is 9.91. The molecule has 3 atom stereocenters. The van der Waals surface area contributed by atoms with Crippen LogP contribution in [0, 0.1) is 0 Å². The third kappa shape index (κ3) is 17.0.